The van der Waals surface area contributed by atoms with Crippen molar-refractivity contribution >= 4 is 11.8 Å². The van der Waals surface area contributed by atoms with Gasteiger partial charge in [-0.3, -0.25) is 4.79 Å². The van der Waals surface area contributed by atoms with Crippen LogP contribution < -0.4 is 0 Å². The van der Waals surface area contributed by atoms with Crippen molar-refractivity contribution in [2.24, 2.45) is 13.0 Å². The van der Waals surface area contributed by atoms with Gasteiger partial charge in [0.1, 0.15) is 0 Å². The highest BCUT2D eigenvalue weighted by Gasteiger charge is 2.19. The zero-order valence-electron chi connectivity index (χ0n) is 12.4. The Morgan fingerprint density at radius 3 is 2.48 bits per heavy atom. The topological polar surface area (TPSA) is 61.2 Å². The smallest absolute Gasteiger partial charge is 0.337 e. The highest BCUT2D eigenvalue weighted by molar-refractivity contribution is 5.94. The maximum absolute atomic E-state index is 12.3. The van der Waals surface area contributed by atoms with Gasteiger partial charge in [0.05, 0.1) is 12.7 Å². The SMILES string of the molecule is COC(=O)c1ccc(CC(C)C(=O)c2nccn2C)cc1. The van der Waals surface area contributed by atoms with Crippen molar-refractivity contribution in [3.63, 3.8) is 0 Å². The fraction of sp³-hybridized carbons (Fsp3) is 0.312. The number of hydrogen-bond donors (Lipinski definition) is 0. The predicted octanol–water partition coefficient (Wildman–Crippen LogP) is 2.27. The van der Waals surface area contributed by atoms with Crippen LogP contribution in [0.4, 0.5) is 0 Å². The van der Waals surface area contributed by atoms with Gasteiger partial charge in [0.25, 0.3) is 0 Å². The fourth-order valence-electron chi connectivity index (χ4n) is 2.16. The van der Waals surface area contributed by atoms with Crippen molar-refractivity contribution in [2.75, 3.05) is 7.11 Å². The zero-order valence-corrected chi connectivity index (χ0v) is 12.4. The summed E-state index contributed by atoms with van der Waals surface area (Å²) in [6, 6.07) is 7.10. The van der Waals surface area contributed by atoms with Crippen LogP contribution >= 0.6 is 0 Å². The summed E-state index contributed by atoms with van der Waals surface area (Å²) < 4.78 is 6.37. The van der Waals surface area contributed by atoms with E-state index in [4.69, 9.17) is 0 Å². The normalized spacial score (nSPS) is 12.0. The third kappa shape index (κ3) is 3.37. The summed E-state index contributed by atoms with van der Waals surface area (Å²) in [5.41, 5.74) is 1.50. The van der Waals surface area contributed by atoms with Gasteiger partial charge in [0, 0.05) is 25.4 Å². The second-order valence-corrected chi connectivity index (χ2v) is 5.02. The van der Waals surface area contributed by atoms with E-state index >= 15 is 0 Å². The van der Waals surface area contributed by atoms with E-state index in [0.29, 0.717) is 17.8 Å². The molecule has 1 heterocycles. The molecule has 5 heteroatoms. The number of carbonyl (C=O) groups is 2. The highest BCUT2D eigenvalue weighted by Crippen LogP contribution is 2.14. The molecular formula is C16H18N2O3. The average Bonchev–Trinajstić information content (AvgIpc) is 2.92. The van der Waals surface area contributed by atoms with Gasteiger partial charge >= 0.3 is 5.97 Å². The molecule has 0 bridgehead atoms. The average molecular weight is 286 g/mol. The fourth-order valence-corrected chi connectivity index (χ4v) is 2.16. The van der Waals surface area contributed by atoms with Gasteiger partial charge in [-0.05, 0) is 24.1 Å². The van der Waals surface area contributed by atoms with Gasteiger partial charge in [-0.2, -0.15) is 0 Å². The number of hydrogen-bond acceptors (Lipinski definition) is 4. The predicted molar refractivity (Wildman–Crippen MR) is 78.2 cm³/mol. The summed E-state index contributed by atoms with van der Waals surface area (Å²) in [7, 11) is 3.15. The Hall–Kier alpha value is -2.43. The first kappa shape index (κ1) is 15.0. The van der Waals surface area contributed by atoms with Crippen LogP contribution in [-0.4, -0.2) is 28.4 Å². The molecule has 0 N–H and O–H groups in total. The van der Waals surface area contributed by atoms with Crippen LogP contribution in [-0.2, 0) is 18.2 Å². The van der Waals surface area contributed by atoms with Crippen LogP contribution in [0.25, 0.3) is 0 Å². The third-order valence-corrected chi connectivity index (χ3v) is 3.41. The molecule has 5 nitrogen and oxygen atoms in total. The van der Waals surface area contributed by atoms with Crippen molar-refractivity contribution in [1.29, 1.82) is 0 Å². The highest BCUT2D eigenvalue weighted by atomic mass is 16.5. The number of esters is 1. The van der Waals surface area contributed by atoms with E-state index in [1.165, 1.54) is 7.11 Å². The standard InChI is InChI=1S/C16H18N2O3/c1-11(14(19)15-17-8-9-18(15)2)10-12-4-6-13(7-5-12)16(20)21-3/h4-9,11H,10H2,1-3H3. The Morgan fingerprint density at radius 1 is 1.29 bits per heavy atom. The maximum atomic E-state index is 12.3. The lowest BCUT2D eigenvalue weighted by Gasteiger charge is -2.10. The molecule has 110 valence electrons. The Bertz CT molecular complexity index is 644. The molecule has 2 rings (SSSR count). The van der Waals surface area contributed by atoms with Crippen molar-refractivity contribution in [3.05, 3.63) is 53.6 Å². The summed E-state index contributed by atoms with van der Waals surface area (Å²) in [6.07, 6.45) is 3.98. The maximum Gasteiger partial charge on any atom is 0.337 e. The first-order valence-corrected chi connectivity index (χ1v) is 6.71. The number of ether oxygens (including phenoxy) is 1. The molecule has 0 fully saturated rings. The molecule has 0 aliphatic heterocycles. The molecule has 0 spiro atoms. The van der Waals surface area contributed by atoms with Gasteiger partial charge in [-0.25, -0.2) is 9.78 Å². The number of aryl methyl sites for hydroxylation is 1. The molecule has 1 aromatic carbocycles. The first-order chi connectivity index (χ1) is 10.0. The molecule has 0 saturated heterocycles. The first-order valence-electron chi connectivity index (χ1n) is 6.71. The van der Waals surface area contributed by atoms with E-state index in [-0.39, 0.29) is 17.7 Å². The second-order valence-electron chi connectivity index (χ2n) is 5.02. The lowest BCUT2D eigenvalue weighted by molar-refractivity contribution is 0.0600. The van der Waals surface area contributed by atoms with Crippen LogP contribution in [0, 0.1) is 5.92 Å². The second kappa shape index (κ2) is 6.35. The van der Waals surface area contributed by atoms with E-state index in [1.807, 2.05) is 19.1 Å². The number of Topliss-reactive ketones (excluding diaryl/α,β-unsaturated/α-hetero) is 1. The number of benzene rings is 1. The number of methoxy groups -OCH3 is 1. The minimum absolute atomic E-state index is 0.0135. The van der Waals surface area contributed by atoms with Crippen LogP contribution in [0.15, 0.2) is 36.7 Å². The number of ketones is 1. The third-order valence-electron chi connectivity index (χ3n) is 3.41. The van der Waals surface area contributed by atoms with Crippen molar-refractivity contribution < 1.29 is 14.3 Å². The number of aromatic nitrogens is 2. The van der Waals surface area contributed by atoms with Gasteiger partial charge in [-0.1, -0.05) is 19.1 Å². The van der Waals surface area contributed by atoms with E-state index in [2.05, 4.69) is 9.72 Å². The molecule has 0 saturated carbocycles. The Labute approximate surface area is 123 Å². The molecule has 0 radical (unpaired) electrons. The molecule has 21 heavy (non-hydrogen) atoms. The molecular weight excluding hydrogens is 268 g/mol. The Balaban J connectivity index is 2.06. The quantitative estimate of drug-likeness (QED) is 0.625. The monoisotopic (exact) mass is 286 g/mol. The number of rotatable bonds is 5. The zero-order chi connectivity index (χ0) is 15.4. The summed E-state index contributed by atoms with van der Waals surface area (Å²) in [5, 5.41) is 0. The van der Waals surface area contributed by atoms with Gasteiger partial charge in [0.2, 0.25) is 5.78 Å². The van der Waals surface area contributed by atoms with Crippen LogP contribution in [0.2, 0.25) is 0 Å². The van der Waals surface area contributed by atoms with Gasteiger partial charge in [0.15, 0.2) is 5.82 Å². The molecule has 0 amide bonds. The Morgan fingerprint density at radius 2 is 1.95 bits per heavy atom. The van der Waals surface area contributed by atoms with Crippen molar-refractivity contribution in [1.82, 2.24) is 9.55 Å². The van der Waals surface area contributed by atoms with E-state index < -0.39 is 0 Å². The largest absolute Gasteiger partial charge is 0.465 e. The summed E-state index contributed by atoms with van der Waals surface area (Å²) in [5.74, 6) is -0.0537. The number of nitrogens with zero attached hydrogens (tertiary/aromatic N) is 2. The lowest BCUT2D eigenvalue weighted by Crippen LogP contribution is -2.18. The molecule has 1 aromatic heterocycles. The molecule has 1 atom stereocenters. The number of carbonyl (C=O) groups excluding carboxylic acids is 2. The number of imidazole rings is 1. The minimum atomic E-state index is -0.362. The lowest BCUT2D eigenvalue weighted by atomic mass is 9.96. The summed E-state index contributed by atoms with van der Waals surface area (Å²) >= 11 is 0. The molecule has 0 aliphatic rings. The summed E-state index contributed by atoms with van der Waals surface area (Å²) in [6.45, 7) is 1.88. The van der Waals surface area contributed by atoms with E-state index in [1.54, 1.807) is 36.1 Å². The van der Waals surface area contributed by atoms with E-state index in [0.717, 1.165) is 5.56 Å². The molecule has 1 unspecified atom stereocenters. The molecule has 2 aromatic rings. The molecule has 0 aliphatic carbocycles. The van der Waals surface area contributed by atoms with Crippen LogP contribution in [0.3, 0.4) is 0 Å². The summed E-state index contributed by atoms with van der Waals surface area (Å²) in [4.78, 5) is 27.7. The minimum Gasteiger partial charge on any atom is -0.465 e. The van der Waals surface area contributed by atoms with E-state index in [9.17, 15) is 9.59 Å². The van der Waals surface area contributed by atoms with Crippen LogP contribution in [0.1, 0.15) is 33.5 Å². The van der Waals surface area contributed by atoms with Gasteiger partial charge in [-0.15, -0.1) is 0 Å². The van der Waals surface area contributed by atoms with Crippen molar-refractivity contribution in [2.45, 2.75) is 13.3 Å². The Kier molecular flexibility index (Phi) is 4.52. The van der Waals surface area contributed by atoms with Crippen molar-refractivity contribution in [3.8, 4) is 0 Å². The van der Waals surface area contributed by atoms with Gasteiger partial charge < -0.3 is 9.30 Å². The van der Waals surface area contributed by atoms with Crippen LogP contribution in [0.5, 0.6) is 0 Å².